The van der Waals surface area contributed by atoms with E-state index >= 15 is 0 Å². The zero-order valence-corrected chi connectivity index (χ0v) is 17.4. The molecule has 4 nitrogen and oxygen atoms in total. The molecule has 3 aromatic carbocycles. The summed E-state index contributed by atoms with van der Waals surface area (Å²) < 4.78 is 6.01. The van der Waals surface area contributed by atoms with E-state index < -0.39 is 0 Å². The van der Waals surface area contributed by atoms with Crippen LogP contribution in [-0.4, -0.2) is 16.0 Å². The second kappa shape index (κ2) is 9.01. The van der Waals surface area contributed by atoms with Crippen LogP contribution in [-0.2, 0) is 17.9 Å². The quantitative estimate of drug-likeness (QED) is 0.477. The first-order valence-corrected chi connectivity index (χ1v) is 10.5. The van der Waals surface area contributed by atoms with Gasteiger partial charge in [0.15, 0.2) is 0 Å². The van der Waals surface area contributed by atoms with Crippen molar-refractivity contribution in [2.24, 2.45) is 0 Å². The van der Waals surface area contributed by atoms with Crippen LogP contribution in [0.4, 0.5) is 4.79 Å². The molecule has 0 saturated carbocycles. The Labute approximate surface area is 180 Å². The zero-order valence-electron chi connectivity index (χ0n) is 16.6. The number of ether oxygens (including phenoxy) is 1. The van der Waals surface area contributed by atoms with Crippen LogP contribution in [0.1, 0.15) is 22.3 Å². The molecule has 0 bridgehead atoms. The molecule has 1 saturated heterocycles. The number of carbonyl (C=O) groups excluding carboxylic acids is 2. The highest BCUT2D eigenvalue weighted by molar-refractivity contribution is 8.18. The predicted octanol–water partition coefficient (Wildman–Crippen LogP) is 5.81. The van der Waals surface area contributed by atoms with Gasteiger partial charge >= 0.3 is 0 Å². The van der Waals surface area contributed by atoms with Gasteiger partial charge in [0.1, 0.15) is 12.4 Å². The normalized spacial score (nSPS) is 15.1. The molecule has 150 valence electrons. The summed E-state index contributed by atoms with van der Waals surface area (Å²) >= 11 is 0.964. The number of hydrogen-bond acceptors (Lipinski definition) is 4. The molecule has 5 heteroatoms. The van der Waals surface area contributed by atoms with Crippen molar-refractivity contribution in [3.05, 3.63) is 106 Å². The lowest BCUT2D eigenvalue weighted by atomic mass is 10.1. The molecule has 1 fully saturated rings. The highest BCUT2D eigenvalue weighted by Crippen LogP contribution is 2.35. The summed E-state index contributed by atoms with van der Waals surface area (Å²) in [7, 11) is 0. The fourth-order valence-electron chi connectivity index (χ4n) is 3.24. The highest BCUT2D eigenvalue weighted by Gasteiger charge is 2.35. The van der Waals surface area contributed by atoms with E-state index in [4.69, 9.17) is 4.74 Å². The van der Waals surface area contributed by atoms with E-state index in [9.17, 15) is 9.59 Å². The van der Waals surface area contributed by atoms with E-state index in [0.29, 0.717) is 17.3 Å². The van der Waals surface area contributed by atoms with Gasteiger partial charge in [-0.3, -0.25) is 14.5 Å². The average molecular weight is 416 g/mol. The van der Waals surface area contributed by atoms with Crippen molar-refractivity contribution < 1.29 is 14.3 Å². The Bertz CT molecular complexity index is 1110. The van der Waals surface area contributed by atoms with Gasteiger partial charge in [0.2, 0.25) is 0 Å². The lowest BCUT2D eigenvalue weighted by Gasteiger charge is -2.12. The SMILES string of the molecule is Cc1cccc(COc2ccccc2/C=C2\SC(=O)N(Cc3ccccc3)C2=O)c1. The van der Waals surface area contributed by atoms with Crippen LogP contribution < -0.4 is 4.74 Å². The van der Waals surface area contributed by atoms with Crippen molar-refractivity contribution in [3.8, 4) is 5.75 Å². The molecule has 1 aliphatic rings. The van der Waals surface area contributed by atoms with Crippen molar-refractivity contribution in [3.63, 3.8) is 0 Å². The molecule has 0 aliphatic carbocycles. The van der Waals surface area contributed by atoms with Crippen molar-refractivity contribution >= 4 is 29.0 Å². The number of para-hydroxylation sites is 1. The summed E-state index contributed by atoms with van der Waals surface area (Å²) in [5.74, 6) is 0.399. The molecule has 30 heavy (non-hydrogen) atoms. The van der Waals surface area contributed by atoms with Gasteiger partial charge in [-0.25, -0.2) is 0 Å². The Kier molecular flexibility index (Phi) is 6.00. The van der Waals surface area contributed by atoms with Crippen LogP contribution in [0.15, 0.2) is 83.8 Å². The maximum atomic E-state index is 12.8. The third-order valence-electron chi connectivity index (χ3n) is 4.74. The molecular formula is C25H21NO3S. The maximum Gasteiger partial charge on any atom is 0.293 e. The maximum absolute atomic E-state index is 12.8. The Morgan fingerprint density at radius 1 is 0.900 bits per heavy atom. The first kappa shape index (κ1) is 20.0. The fraction of sp³-hybridized carbons (Fsp3) is 0.120. The lowest BCUT2D eigenvalue weighted by molar-refractivity contribution is -0.123. The number of hydrogen-bond donors (Lipinski definition) is 0. The number of nitrogens with zero attached hydrogens (tertiary/aromatic N) is 1. The van der Waals surface area contributed by atoms with Crippen molar-refractivity contribution in [1.82, 2.24) is 4.90 Å². The van der Waals surface area contributed by atoms with Crippen LogP contribution in [0.3, 0.4) is 0 Å². The average Bonchev–Trinajstić information content (AvgIpc) is 3.01. The van der Waals surface area contributed by atoms with Crippen molar-refractivity contribution in [1.29, 1.82) is 0 Å². The van der Waals surface area contributed by atoms with E-state index in [2.05, 4.69) is 6.07 Å². The fourth-order valence-corrected chi connectivity index (χ4v) is 4.07. The van der Waals surface area contributed by atoms with Crippen molar-refractivity contribution in [2.75, 3.05) is 0 Å². The lowest BCUT2D eigenvalue weighted by Crippen LogP contribution is -2.27. The van der Waals surface area contributed by atoms with Crippen LogP contribution in [0.25, 0.3) is 6.08 Å². The molecule has 0 aromatic heterocycles. The molecule has 0 spiro atoms. The number of benzene rings is 3. The molecule has 0 unspecified atom stereocenters. The first-order chi connectivity index (χ1) is 14.6. The van der Waals surface area contributed by atoms with Crippen LogP contribution >= 0.6 is 11.8 Å². The Balaban J connectivity index is 1.52. The Morgan fingerprint density at radius 2 is 1.63 bits per heavy atom. The number of aryl methyl sites for hydroxylation is 1. The second-order valence-corrected chi connectivity index (χ2v) is 8.06. The summed E-state index contributed by atoms with van der Waals surface area (Å²) in [6.07, 6.45) is 1.74. The van der Waals surface area contributed by atoms with Crippen LogP contribution in [0.5, 0.6) is 5.75 Å². The third-order valence-corrected chi connectivity index (χ3v) is 5.65. The molecule has 2 amide bonds. The number of rotatable bonds is 6. The minimum Gasteiger partial charge on any atom is -0.488 e. The molecule has 3 aromatic rings. The van der Waals surface area contributed by atoms with E-state index in [1.807, 2.05) is 79.7 Å². The predicted molar refractivity (Wildman–Crippen MR) is 120 cm³/mol. The van der Waals surface area contributed by atoms with Gasteiger partial charge in [-0.15, -0.1) is 0 Å². The third kappa shape index (κ3) is 4.63. The first-order valence-electron chi connectivity index (χ1n) is 9.67. The number of amides is 2. The summed E-state index contributed by atoms with van der Waals surface area (Å²) in [6.45, 7) is 2.75. The van der Waals surface area contributed by atoms with Crippen LogP contribution in [0.2, 0.25) is 0 Å². The standard InChI is InChI=1S/C25H21NO3S/c1-18-8-7-11-20(14-18)17-29-22-13-6-5-12-21(22)15-23-24(27)26(25(28)30-23)16-19-9-3-2-4-10-19/h2-15H,16-17H2,1H3/b23-15-. The van der Waals surface area contributed by atoms with Gasteiger partial charge in [0.05, 0.1) is 11.4 Å². The highest BCUT2D eigenvalue weighted by atomic mass is 32.2. The number of carbonyl (C=O) groups is 2. The molecule has 0 atom stereocenters. The van der Waals surface area contributed by atoms with E-state index in [0.717, 1.165) is 28.5 Å². The summed E-state index contributed by atoms with van der Waals surface area (Å²) in [5.41, 5.74) is 3.95. The van der Waals surface area contributed by atoms with Gasteiger partial charge in [-0.1, -0.05) is 78.4 Å². The molecular weight excluding hydrogens is 394 g/mol. The van der Waals surface area contributed by atoms with Gasteiger partial charge in [-0.05, 0) is 42.0 Å². The Morgan fingerprint density at radius 3 is 2.43 bits per heavy atom. The smallest absolute Gasteiger partial charge is 0.293 e. The van der Waals surface area contributed by atoms with Gasteiger partial charge in [0.25, 0.3) is 11.1 Å². The molecule has 0 radical (unpaired) electrons. The largest absolute Gasteiger partial charge is 0.488 e. The molecule has 4 rings (SSSR count). The number of imide groups is 1. The van der Waals surface area contributed by atoms with E-state index in [1.165, 1.54) is 10.5 Å². The minimum absolute atomic E-state index is 0.256. The van der Waals surface area contributed by atoms with E-state index in [-0.39, 0.29) is 17.7 Å². The summed E-state index contributed by atoms with van der Waals surface area (Å²) in [4.78, 5) is 26.9. The number of thioether (sulfide) groups is 1. The molecule has 1 heterocycles. The topological polar surface area (TPSA) is 46.6 Å². The summed E-state index contributed by atoms with van der Waals surface area (Å²) in [5, 5.41) is -0.256. The van der Waals surface area contributed by atoms with Crippen LogP contribution in [0, 0.1) is 6.92 Å². The van der Waals surface area contributed by atoms with E-state index in [1.54, 1.807) is 6.08 Å². The second-order valence-electron chi connectivity index (χ2n) is 7.07. The van der Waals surface area contributed by atoms with Crippen molar-refractivity contribution in [2.45, 2.75) is 20.1 Å². The zero-order chi connectivity index (χ0) is 20.9. The molecule has 0 N–H and O–H groups in total. The van der Waals surface area contributed by atoms with Gasteiger partial charge < -0.3 is 4.74 Å². The monoisotopic (exact) mass is 415 g/mol. The minimum atomic E-state index is -0.276. The molecule has 1 aliphatic heterocycles. The Hall–Kier alpha value is -3.31. The summed E-state index contributed by atoms with van der Waals surface area (Å²) in [6, 6.07) is 25.2. The van der Waals surface area contributed by atoms with Gasteiger partial charge in [-0.2, -0.15) is 0 Å². The van der Waals surface area contributed by atoms with Gasteiger partial charge in [0, 0.05) is 5.56 Å².